The molecule has 156 valence electrons. The summed E-state index contributed by atoms with van der Waals surface area (Å²) in [5.74, 6) is -0.298. The molecular formula is C24H22ClN5O. The van der Waals surface area contributed by atoms with E-state index < -0.39 is 0 Å². The summed E-state index contributed by atoms with van der Waals surface area (Å²) in [5, 5.41) is 8.98. The second-order valence-corrected chi connectivity index (χ2v) is 7.59. The van der Waals surface area contributed by atoms with Gasteiger partial charge in [-0.2, -0.15) is 10.2 Å². The molecule has 0 bridgehead atoms. The molecule has 0 atom stereocenters. The van der Waals surface area contributed by atoms with Crippen molar-refractivity contribution >= 4 is 23.7 Å². The van der Waals surface area contributed by atoms with Crippen LogP contribution in [0.15, 0.2) is 71.8 Å². The highest BCUT2D eigenvalue weighted by Crippen LogP contribution is 2.22. The predicted octanol–water partition coefficient (Wildman–Crippen LogP) is 5.01. The molecule has 7 heteroatoms. The van der Waals surface area contributed by atoms with Crippen molar-refractivity contribution in [3.05, 3.63) is 100 Å². The van der Waals surface area contributed by atoms with Gasteiger partial charge in [-0.05, 0) is 69.3 Å². The maximum Gasteiger partial charge on any atom is 0.271 e. The fourth-order valence-electron chi connectivity index (χ4n) is 3.46. The van der Waals surface area contributed by atoms with E-state index in [9.17, 15) is 4.79 Å². The zero-order valence-electron chi connectivity index (χ0n) is 17.5. The second kappa shape index (κ2) is 8.62. The number of hydrogen-bond acceptors (Lipinski definition) is 3. The van der Waals surface area contributed by atoms with Crippen LogP contribution in [0.3, 0.4) is 0 Å². The molecule has 4 aromatic rings. The number of para-hydroxylation sites is 1. The molecule has 2 aromatic carbocycles. The highest BCUT2D eigenvalue weighted by molar-refractivity contribution is 6.32. The molecule has 1 N–H and O–H groups in total. The van der Waals surface area contributed by atoms with Crippen molar-refractivity contribution in [3.63, 3.8) is 0 Å². The molecule has 0 aliphatic heterocycles. The van der Waals surface area contributed by atoms with Crippen LogP contribution < -0.4 is 5.43 Å². The molecule has 0 unspecified atom stereocenters. The van der Waals surface area contributed by atoms with E-state index in [1.54, 1.807) is 16.8 Å². The maximum atomic E-state index is 12.5. The number of hydrazone groups is 1. The van der Waals surface area contributed by atoms with Gasteiger partial charge in [-0.3, -0.25) is 4.79 Å². The molecule has 6 nitrogen and oxygen atoms in total. The summed E-state index contributed by atoms with van der Waals surface area (Å²) in [6.45, 7) is 5.95. The number of nitrogens with zero attached hydrogens (tertiary/aromatic N) is 4. The van der Waals surface area contributed by atoms with Crippen molar-refractivity contribution < 1.29 is 4.79 Å². The van der Waals surface area contributed by atoms with Crippen LogP contribution in [0.4, 0.5) is 0 Å². The van der Waals surface area contributed by atoms with E-state index in [1.807, 2.05) is 49.4 Å². The maximum absolute atomic E-state index is 12.5. The molecule has 0 radical (unpaired) electrons. The molecule has 2 heterocycles. The van der Waals surface area contributed by atoms with Gasteiger partial charge in [0.1, 0.15) is 5.15 Å². The molecule has 0 aliphatic rings. The SMILES string of the molecule is Cc1nn(-c2ccccc2)c(Cl)c1/C=N/NC(=O)c1ccc(-n2c(C)ccc2C)cc1. The molecule has 0 aliphatic carbocycles. The zero-order chi connectivity index (χ0) is 22.0. The average Bonchev–Trinajstić information content (AvgIpc) is 3.27. The lowest BCUT2D eigenvalue weighted by molar-refractivity contribution is 0.0955. The number of carbonyl (C=O) groups is 1. The van der Waals surface area contributed by atoms with Gasteiger partial charge >= 0.3 is 0 Å². The molecule has 0 fully saturated rings. The lowest BCUT2D eigenvalue weighted by atomic mass is 10.2. The van der Waals surface area contributed by atoms with Gasteiger partial charge in [-0.1, -0.05) is 29.8 Å². The molecule has 31 heavy (non-hydrogen) atoms. The van der Waals surface area contributed by atoms with E-state index in [4.69, 9.17) is 11.6 Å². The fourth-order valence-corrected chi connectivity index (χ4v) is 3.78. The highest BCUT2D eigenvalue weighted by Gasteiger charge is 2.13. The molecule has 4 rings (SSSR count). The van der Waals surface area contributed by atoms with Crippen molar-refractivity contribution in [2.24, 2.45) is 5.10 Å². The predicted molar refractivity (Wildman–Crippen MR) is 124 cm³/mol. The van der Waals surface area contributed by atoms with Gasteiger partial charge in [0.05, 0.1) is 23.2 Å². The third-order valence-corrected chi connectivity index (χ3v) is 5.43. The minimum atomic E-state index is -0.298. The Balaban J connectivity index is 1.47. The lowest BCUT2D eigenvalue weighted by Crippen LogP contribution is -2.17. The Morgan fingerprint density at radius 1 is 0.935 bits per heavy atom. The number of aromatic nitrogens is 3. The number of hydrogen-bond donors (Lipinski definition) is 1. The van der Waals surface area contributed by atoms with E-state index in [-0.39, 0.29) is 5.91 Å². The molecule has 2 aromatic heterocycles. The van der Waals surface area contributed by atoms with Crippen molar-refractivity contribution in [1.82, 2.24) is 19.8 Å². The molecule has 1 amide bonds. The van der Waals surface area contributed by atoms with Crippen LogP contribution in [0.1, 0.15) is 33.0 Å². The van der Waals surface area contributed by atoms with Gasteiger partial charge in [0, 0.05) is 22.6 Å². The van der Waals surface area contributed by atoms with Gasteiger partial charge in [0.15, 0.2) is 0 Å². The van der Waals surface area contributed by atoms with Gasteiger partial charge in [0.2, 0.25) is 0 Å². The summed E-state index contributed by atoms with van der Waals surface area (Å²) in [6, 6.07) is 21.1. The van der Waals surface area contributed by atoms with Crippen LogP contribution in [-0.2, 0) is 0 Å². The van der Waals surface area contributed by atoms with Gasteiger partial charge in [-0.25, -0.2) is 10.1 Å². The summed E-state index contributed by atoms with van der Waals surface area (Å²) in [6.07, 6.45) is 1.52. The first-order chi connectivity index (χ1) is 15.0. The minimum absolute atomic E-state index is 0.298. The van der Waals surface area contributed by atoms with Crippen LogP contribution >= 0.6 is 11.6 Å². The number of halogens is 1. The smallest absolute Gasteiger partial charge is 0.271 e. The first-order valence-corrected chi connectivity index (χ1v) is 10.2. The zero-order valence-corrected chi connectivity index (χ0v) is 18.3. The van der Waals surface area contributed by atoms with E-state index in [2.05, 4.69) is 46.2 Å². The largest absolute Gasteiger partial charge is 0.319 e. The Morgan fingerprint density at radius 3 is 2.23 bits per heavy atom. The number of benzene rings is 2. The topological polar surface area (TPSA) is 64.2 Å². The fraction of sp³-hybridized carbons (Fsp3) is 0.125. The lowest BCUT2D eigenvalue weighted by Gasteiger charge is -2.10. The monoisotopic (exact) mass is 431 g/mol. The summed E-state index contributed by atoms with van der Waals surface area (Å²) >= 11 is 6.48. The van der Waals surface area contributed by atoms with Gasteiger partial charge < -0.3 is 4.57 Å². The van der Waals surface area contributed by atoms with Crippen LogP contribution in [-0.4, -0.2) is 26.5 Å². The van der Waals surface area contributed by atoms with Crippen LogP contribution in [0, 0.1) is 20.8 Å². The number of amides is 1. The Morgan fingerprint density at radius 2 is 1.58 bits per heavy atom. The van der Waals surface area contributed by atoms with E-state index in [0.717, 1.165) is 22.8 Å². The van der Waals surface area contributed by atoms with Crippen molar-refractivity contribution in [2.75, 3.05) is 0 Å². The third-order valence-electron chi connectivity index (χ3n) is 5.07. The highest BCUT2D eigenvalue weighted by atomic mass is 35.5. The minimum Gasteiger partial charge on any atom is -0.319 e. The Labute approximate surface area is 185 Å². The second-order valence-electron chi connectivity index (χ2n) is 7.23. The summed E-state index contributed by atoms with van der Waals surface area (Å²) in [7, 11) is 0. The van der Waals surface area contributed by atoms with Crippen LogP contribution in [0.25, 0.3) is 11.4 Å². The summed E-state index contributed by atoms with van der Waals surface area (Å²) in [5.41, 5.74) is 8.59. The van der Waals surface area contributed by atoms with E-state index in [1.165, 1.54) is 6.21 Å². The van der Waals surface area contributed by atoms with Crippen molar-refractivity contribution in [1.29, 1.82) is 0 Å². The number of nitrogens with one attached hydrogen (secondary N) is 1. The molecular weight excluding hydrogens is 410 g/mol. The van der Waals surface area contributed by atoms with Gasteiger partial charge in [-0.15, -0.1) is 0 Å². The van der Waals surface area contributed by atoms with E-state index in [0.29, 0.717) is 22.0 Å². The number of carbonyl (C=O) groups excluding carboxylic acids is 1. The van der Waals surface area contributed by atoms with Crippen LogP contribution in [0.5, 0.6) is 0 Å². The van der Waals surface area contributed by atoms with Crippen molar-refractivity contribution in [2.45, 2.75) is 20.8 Å². The molecule has 0 saturated carbocycles. The number of aryl methyl sites for hydroxylation is 3. The third kappa shape index (κ3) is 4.15. The quantitative estimate of drug-likeness (QED) is 0.356. The first-order valence-electron chi connectivity index (χ1n) is 9.85. The first kappa shape index (κ1) is 20.6. The summed E-state index contributed by atoms with van der Waals surface area (Å²) < 4.78 is 3.78. The standard InChI is InChI=1S/C24H22ClN5O/c1-16-9-10-17(2)29(16)20-13-11-19(12-14-20)24(31)27-26-15-22-18(3)28-30(23(22)25)21-7-5-4-6-8-21/h4-15H,1-3H3,(H,27,31)/b26-15+. The Hall–Kier alpha value is -3.64. The Kier molecular flexibility index (Phi) is 5.73. The molecule has 0 spiro atoms. The van der Waals surface area contributed by atoms with Gasteiger partial charge in [0.25, 0.3) is 5.91 Å². The average molecular weight is 432 g/mol. The summed E-state index contributed by atoms with van der Waals surface area (Å²) in [4.78, 5) is 12.5. The Bertz CT molecular complexity index is 1230. The molecule has 0 saturated heterocycles. The van der Waals surface area contributed by atoms with Crippen molar-refractivity contribution in [3.8, 4) is 11.4 Å². The normalized spacial score (nSPS) is 11.2. The van der Waals surface area contributed by atoms with E-state index >= 15 is 0 Å². The van der Waals surface area contributed by atoms with Crippen LogP contribution in [0.2, 0.25) is 5.15 Å². The number of rotatable bonds is 5.